The summed E-state index contributed by atoms with van der Waals surface area (Å²) in [5.74, 6) is 1.01. The molecule has 46 heavy (non-hydrogen) atoms. The molecule has 7 heteroatoms. The summed E-state index contributed by atoms with van der Waals surface area (Å²) in [5.41, 5.74) is 5.72. The van der Waals surface area contributed by atoms with Crippen LogP contribution in [-0.4, -0.2) is 26.7 Å². The van der Waals surface area contributed by atoms with Crippen molar-refractivity contribution < 1.29 is 19.4 Å². The number of carboxylic acid groups (broad SMARTS) is 1. The van der Waals surface area contributed by atoms with Crippen LogP contribution in [0.4, 0.5) is 0 Å². The van der Waals surface area contributed by atoms with Crippen molar-refractivity contribution in [3.05, 3.63) is 116 Å². The zero-order valence-electron chi connectivity index (χ0n) is 28.1. The molecule has 0 bridgehead atoms. The lowest BCUT2D eigenvalue weighted by molar-refractivity contribution is -0.145. The number of hydrogen-bond donors (Lipinski definition) is 1. The Morgan fingerprint density at radius 2 is 1.50 bits per heavy atom. The number of carboxylic acids is 1. The number of benzene rings is 3. The number of nitrogens with zero attached hydrogens (tertiary/aromatic N) is 2. The molecule has 0 saturated carbocycles. The van der Waals surface area contributed by atoms with Crippen LogP contribution in [0.25, 0.3) is 5.69 Å². The third-order valence-electron chi connectivity index (χ3n) is 7.95. The van der Waals surface area contributed by atoms with E-state index in [1.807, 2.05) is 63.2 Å². The van der Waals surface area contributed by atoms with Crippen LogP contribution < -0.4 is 15.0 Å². The summed E-state index contributed by atoms with van der Waals surface area (Å²) in [6, 6.07) is 20.8. The molecule has 0 fully saturated rings. The summed E-state index contributed by atoms with van der Waals surface area (Å²) in [4.78, 5) is 31.7. The number of aryl methyl sites for hydroxylation is 4. The molecule has 0 saturated heterocycles. The van der Waals surface area contributed by atoms with Crippen LogP contribution in [0.1, 0.15) is 106 Å². The van der Waals surface area contributed by atoms with Crippen LogP contribution in [0.15, 0.2) is 71.5 Å². The van der Waals surface area contributed by atoms with E-state index in [9.17, 15) is 14.7 Å². The quantitative estimate of drug-likeness (QED) is 0.135. The minimum atomic E-state index is -1.12. The van der Waals surface area contributed by atoms with E-state index in [2.05, 4.69) is 32.9 Å². The number of unbranched alkanes of at least 4 members (excludes halogenated alkanes) is 1. The van der Waals surface area contributed by atoms with Crippen molar-refractivity contribution in [3.63, 3.8) is 0 Å². The Labute approximate surface area is 273 Å². The molecule has 4 rings (SSSR count). The van der Waals surface area contributed by atoms with Crippen molar-refractivity contribution >= 4 is 5.97 Å². The molecule has 3 aromatic carbocycles. The molecule has 1 aromatic heterocycles. The molecule has 0 amide bonds. The number of carbonyl (C=O) groups is 1. The molecule has 0 radical (unpaired) electrons. The van der Waals surface area contributed by atoms with E-state index in [0.29, 0.717) is 29.1 Å². The van der Waals surface area contributed by atoms with Gasteiger partial charge in [-0.15, -0.1) is 0 Å². The van der Waals surface area contributed by atoms with Crippen molar-refractivity contribution in [2.45, 2.75) is 105 Å². The van der Waals surface area contributed by atoms with E-state index in [-0.39, 0.29) is 11.7 Å². The number of rotatable bonds is 16. The molecular weight excluding hydrogens is 576 g/mol. The Morgan fingerprint density at radius 3 is 2.04 bits per heavy atom. The Balaban J connectivity index is 1.81. The molecule has 244 valence electrons. The van der Waals surface area contributed by atoms with Crippen molar-refractivity contribution in [1.82, 2.24) is 9.55 Å². The molecule has 7 nitrogen and oxygen atoms in total. The number of hydrogen-bond acceptors (Lipinski definition) is 5. The normalized spacial score (nSPS) is 11.9. The Kier molecular flexibility index (Phi) is 12.2. The van der Waals surface area contributed by atoms with Gasteiger partial charge in [0.2, 0.25) is 6.10 Å². The zero-order chi connectivity index (χ0) is 33.2. The van der Waals surface area contributed by atoms with Gasteiger partial charge in [-0.25, -0.2) is 9.78 Å². The minimum absolute atomic E-state index is 0.0572. The monoisotopic (exact) mass is 624 g/mol. The van der Waals surface area contributed by atoms with E-state index in [0.717, 1.165) is 78.8 Å². The highest BCUT2D eigenvalue weighted by Gasteiger charge is 2.25. The molecular formula is C39H48N2O5. The molecule has 1 heterocycles. The average molecular weight is 625 g/mol. The molecule has 1 atom stereocenters. The van der Waals surface area contributed by atoms with Crippen LogP contribution in [-0.2, 0) is 30.5 Å². The van der Waals surface area contributed by atoms with Gasteiger partial charge in [-0.2, -0.15) is 0 Å². The van der Waals surface area contributed by atoms with Crippen molar-refractivity contribution in [2.24, 2.45) is 0 Å². The van der Waals surface area contributed by atoms with Gasteiger partial charge in [0.05, 0.1) is 17.5 Å². The second-order valence-corrected chi connectivity index (χ2v) is 12.2. The maximum absolute atomic E-state index is 14.3. The first-order chi connectivity index (χ1) is 22.2. The smallest absolute Gasteiger partial charge is 0.349 e. The Hall–Kier alpha value is -4.39. The Morgan fingerprint density at radius 1 is 0.870 bits per heavy atom. The predicted molar refractivity (Wildman–Crippen MR) is 184 cm³/mol. The molecule has 1 unspecified atom stereocenters. The summed E-state index contributed by atoms with van der Waals surface area (Å²) in [6.45, 7) is 12.2. The van der Waals surface area contributed by atoms with Gasteiger partial charge in [0.15, 0.2) is 0 Å². The third-order valence-corrected chi connectivity index (χ3v) is 7.95. The van der Waals surface area contributed by atoms with Crippen LogP contribution in [0.5, 0.6) is 11.5 Å². The first-order valence-electron chi connectivity index (χ1n) is 16.6. The second kappa shape index (κ2) is 16.3. The average Bonchev–Trinajstić information content (AvgIpc) is 3.02. The lowest BCUT2D eigenvalue weighted by Crippen LogP contribution is -2.28. The molecule has 0 spiro atoms. The van der Waals surface area contributed by atoms with Gasteiger partial charge in [0.25, 0.3) is 5.56 Å². The maximum Gasteiger partial charge on any atom is 0.349 e. The molecule has 0 aliphatic rings. The fourth-order valence-electron chi connectivity index (χ4n) is 5.90. The van der Waals surface area contributed by atoms with Crippen molar-refractivity contribution in [2.75, 3.05) is 0 Å². The van der Waals surface area contributed by atoms with Crippen molar-refractivity contribution in [1.29, 1.82) is 0 Å². The molecule has 4 aromatic rings. The molecule has 1 N–H and O–H groups in total. The number of aromatic nitrogens is 2. The van der Waals surface area contributed by atoms with Gasteiger partial charge in [-0.3, -0.25) is 9.36 Å². The van der Waals surface area contributed by atoms with Gasteiger partial charge in [0, 0.05) is 17.5 Å². The summed E-state index contributed by atoms with van der Waals surface area (Å²) in [7, 11) is 0. The third kappa shape index (κ3) is 8.45. The minimum Gasteiger partial charge on any atom is -0.491 e. The topological polar surface area (TPSA) is 90.7 Å². The van der Waals surface area contributed by atoms with Gasteiger partial charge in [-0.05, 0) is 87.4 Å². The summed E-state index contributed by atoms with van der Waals surface area (Å²) >= 11 is 0. The first-order valence-corrected chi connectivity index (χ1v) is 16.6. The number of ether oxygens (including phenoxy) is 2. The highest BCUT2D eigenvalue weighted by Crippen LogP contribution is 2.34. The summed E-state index contributed by atoms with van der Waals surface area (Å²) in [5, 5.41) is 10.1. The lowest BCUT2D eigenvalue weighted by Gasteiger charge is -2.22. The second-order valence-electron chi connectivity index (χ2n) is 12.2. The van der Waals surface area contributed by atoms with E-state index < -0.39 is 12.1 Å². The first kappa shape index (κ1) is 34.5. The van der Waals surface area contributed by atoms with Gasteiger partial charge < -0.3 is 14.6 Å². The van der Waals surface area contributed by atoms with E-state index in [4.69, 9.17) is 14.5 Å². The van der Waals surface area contributed by atoms with Crippen LogP contribution in [0, 0.1) is 6.92 Å². The summed E-state index contributed by atoms with van der Waals surface area (Å²) in [6.07, 6.45) is 5.22. The fraction of sp³-hybridized carbons (Fsp3) is 0.410. The zero-order valence-corrected chi connectivity index (χ0v) is 28.1. The van der Waals surface area contributed by atoms with Gasteiger partial charge in [-0.1, -0.05) is 82.5 Å². The maximum atomic E-state index is 14.3. The molecule has 0 aliphatic heterocycles. The molecule has 0 aliphatic carbocycles. The highest BCUT2D eigenvalue weighted by atomic mass is 16.5. The van der Waals surface area contributed by atoms with Crippen LogP contribution in [0.2, 0.25) is 0 Å². The largest absolute Gasteiger partial charge is 0.491 e. The van der Waals surface area contributed by atoms with Crippen molar-refractivity contribution in [3.8, 4) is 17.2 Å². The van der Waals surface area contributed by atoms with Gasteiger partial charge >= 0.3 is 5.97 Å². The van der Waals surface area contributed by atoms with E-state index in [1.165, 1.54) is 0 Å². The predicted octanol–water partition coefficient (Wildman–Crippen LogP) is 8.37. The lowest BCUT2D eigenvalue weighted by atomic mass is 9.94. The van der Waals surface area contributed by atoms with E-state index in [1.54, 1.807) is 16.7 Å². The SMILES string of the molecule is CCCCc1nc(C)n(-c2ccc(OC(C)C)cc2)c(=O)c1Cc1cc(CCC)c(OC(C(=O)O)c2ccccc2)c(CCC)c1. The summed E-state index contributed by atoms with van der Waals surface area (Å²) < 4.78 is 13.9. The highest BCUT2D eigenvalue weighted by molar-refractivity contribution is 5.75. The standard InChI is InChI=1S/C39H48N2O5/c1-7-10-18-35-34(38(42)41(27(6)40-35)32-19-21-33(22-20-32)45-26(4)5)25-28-23-30(14-8-2)36(31(24-28)15-9-3)46-37(39(43)44)29-16-12-11-13-17-29/h11-13,16-17,19-24,26,37H,7-10,14-15,18,25H2,1-6H3,(H,43,44). The Bertz CT molecular complexity index is 1630. The fourth-order valence-corrected chi connectivity index (χ4v) is 5.90. The van der Waals surface area contributed by atoms with Crippen LogP contribution >= 0.6 is 0 Å². The van der Waals surface area contributed by atoms with Crippen LogP contribution in [0.3, 0.4) is 0 Å². The number of aliphatic carboxylic acids is 1. The van der Waals surface area contributed by atoms with E-state index >= 15 is 0 Å². The van der Waals surface area contributed by atoms with Gasteiger partial charge in [0.1, 0.15) is 17.3 Å².